The van der Waals surface area contributed by atoms with E-state index in [1.807, 2.05) is 0 Å². The molecular weight excluding hydrogens is 291 g/mol. The van der Waals surface area contributed by atoms with Gasteiger partial charge in [0.1, 0.15) is 18.1 Å². The first kappa shape index (κ1) is 13.7. The number of carbonyl (C=O) groups is 1. The van der Waals surface area contributed by atoms with Crippen molar-refractivity contribution in [3.05, 3.63) is 46.5 Å². The molecule has 0 unspecified atom stereocenters. The summed E-state index contributed by atoms with van der Waals surface area (Å²) in [7, 11) is 0. The standard InChI is InChI=1S/C12H10Cl2N2O3/c13-8-1-3-9(4-2-8)19-6-5-16-10(11(17)18)7-15-12(16)14/h1-4,7H,5-6H2,(H,17,18). The van der Waals surface area contributed by atoms with E-state index in [4.69, 9.17) is 33.0 Å². The molecule has 2 rings (SSSR count). The molecule has 0 saturated heterocycles. The van der Waals surface area contributed by atoms with Crippen LogP contribution >= 0.6 is 23.2 Å². The minimum Gasteiger partial charge on any atom is -0.492 e. The van der Waals surface area contributed by atoms with Gasteiger partial charge in [-0.1, -0.05) is 11.6 Å². The quantitative estimate of drug-likeness (QED) is 0.922. The van der Waals surface area contributed by atoms with Gasteiger partial charge in [-0.05, 0) is 35.9 Å². The van der Waals surface area contributed by atoms with Crippen LogP contribution in [-0.4, -0.2) is 27.2 Å². The van der Waals surface area contributed by atoms with E-state index in [9.17, 15) is 4.79 Å². The third-order valence-corrected chi connectivity index (χ3v) is 2.98. The lowest BCUT2D eigenvalue weighted by Gasteiger charge is -2.09. The van der Waals surface area contributed by atoms with E-state index in [0.717, 1.165) is 0 Å². The molecule has 0 aliphatic carbocycles. The molecule has 1 heterocycles. The van der Waals surface area contributed by atoms with Crippen molar-refractivity contribution in [1.82, 2.24) is 9.55 Å². The Labute approximate surface area is 119 Å². The van der Waals surface area contributed by atoms with Crippen LogP contribution in [0.2, 0.25) is 10.3 Å². The van der Waals surface area contributed by atoms with Crippen molar-refractivity contribution < 1.29 is 14.6 Å². The molecule has 2 aromatic rings. The molecule has 1 N–H and O–H groups in total. The van der Waals surface area contributed by atoms with Crippen molar-refractivity contribution in [2.24, 2.45) is 0 Å². The summed E-state index contributed by atoms with van der Waals surface area (Å²) >= 11 is 11.6. The Morgan fingerprint density at radius 3 is 2.63 bits per heavy atom. The molecule has 19 heavy (non-hydrogen) atoms. The molecule has 0 atom stereocenters. The second-order valence-corrected chi connectivity index (χ2v) is 4.45. The van der Waals surface area contributed by atoms with E-state index in [-0.39, 0.29) is 17.6 Å². The second kappa shape index (κ2) is 5.95. The topological polar surface area (TPSA) is 64.3 Å². The number of rotatable bonds is 5. The first-order valence-corrected chi connectivity index (χ1v) is 6.16. The molecule has 0 spiro atoms. The highest BCUT2D eigenvalue weighted by Crippen LogP contribution is 2.16. The maximum atomic E-state index is 10.9. The van der Waals surface area contributed by atoms with Gasteiger partial charge in [0.15, 0.2) is 0 Å². The maximum absolute atomic E-state index is 10.9. The molecule has 100 valence electrons. The summed E-state index contributed by atoms with van der Waals surface area (Å²) in [6.07, 6.45) is 1.22. The number of nitrogens with zero attached hydrogens (tertiary/aromatic N) is 2. The van der Waals surface area contributed by atoms with Crippen molar-refractivity contribution in [2.75, 3.05) is 6.61 Å². The third kappa shape index (κ3) is 3.39. The molecule has 0 amide bonds. The number of aromatic nitrogens is 2. The van der Waals surface area contributed by atoms with E-state index in [1.54, 1.807) is 24.3 Å². The predicted octanol–water partition coefficient (Wildman–Crippen LogP) is 2.97. The fraction of sp³-hybridized carbons (Fsp3) is 0.167. The average Bonchev–Trinajstić information content (AvgIpc) is 2.74. The monoisotopic (exact) mass is 300 g/mol. The SMILES string of the molecule is O=C(O)c1cnc(Cl)n1CCOc1ccc(Cl)cc1. The van der Waals surface area contributed by atoms with Gasteiger partial charge >= 0.3 is 5.97 Å². The Morgan fingerprint density at radius 2 is 2.00 bits per heavy atom. The van der Waals surface area contributed by atoms with Gasteiger partial charge in [-0.2, -0.15) is 0 Å². The van der Waals surface area contributed by atoms with Crippen molar-refractivity contribution in [3.8, 4) is 5.75 Å². The Kier molecular flexibility index (Phi) is 4.29. The third-order valence-electron chi connectivity index (χ3n) is 2.42. The highest BCUT2D eigenvalue weighted by molar-refractivity contribution is 6.30. The van der Waals surface area contributed by atoms with Crippen molar-refractivity contribution in [2.45, 2.75) is 6.54 Å². The number of halogens is 2. The van der Waals surface area contributed by atoms with Crippen LogP contribution in [0.1, 0.15) is 10.5 Å². The first-order chi connectivity index (χ1) is 9.08. The van der Waals surface area contributed by atoms with Crippen LogP contribution in [0.25, 0.3) is 0 Å². The van der Waals surface area contributed by atoms with Gasteiger partial charge in [0.2, 0.25) is 5.28 Å². The van der Waals surface area contributed by atoms with Gasteiger partial charge in [0.25, 0.3) is 0 Å². The average molecular weight is 301 g/mol. The molecule has 0 fully saturated rings. The number of hydrogen-bond acceptors (Lipinski definition) is 3. The summed E-state index contributed by atoms with van der Waals surface area (Å²) in [5.41, 5.74) is 0.0321. The van der Waals surface area contributed by atoms with Crippen LogP contribution in [-0.2, 0) is 6.54 Å². The number of benzene rings is 1. The van der Waals surface area contributed by atoms with E-state index in [2.05, 4.69) is 4.98 Å². The molecule has 0 bridgehead atoms. The number of aromatic carboxylic acids is 1. The molecule has 0 radical (unpaired) electrons. The fourth-order valence-corrected chi connectivity index (χ4v) is 1.87. The molecule has 0 aliphatic rings. The van der Waals surface area contributed by atoms with E-state index < -0.39 is 5.97 Å². The van der Waals surface area contributed by atoms with Gasteiger partial charge in [-0.3, -0.25) is 0 Å². The van der Waals surface area contributed by atoms with Crippen LogP contribution in [0, 0.1) is 0 Å². The summed E-state index contributed by atoms with van der Waals surface area (Å²) in [4.78, 5) is 14.7. The van der Waals surface area contributed by atoms with Crippen LogP contribution in [0.15, 0.2) is 30.5 Å². The summed E-state index contributed by atoms with van der Waals surface area (Å²) in [5, 5.41) is 9.70. The lowest BCUT2D eigenvalue weighted by molar-refractivity contribution is 0.0684. The molecule has 1 aromatic heterocycles. The first-order valence-electron chi connectivity index (χ1n) is 5.40. The van der Waals surface area contributed by atoms with Gasteiger partial charge in [-0.25, -0.2) is 9.78 Å². The lowest BCUT2D eigenvalue weighted by atomic mass is 10.3. The zero-order valence-electron chi connectivity index (χ0n) is 9.72. The number of imidazole rings is 1. The summed E-state index contributed by atoms with van der Waals surface area (Å²) in [5.74, 6) is -0.427. The summed E-state index contributed by atoms with van der Waals surface area (Å²) in [6.45, 7) is 0.571. The fourth-order valence-electron chi connectivity index (χ4n) is 1.52. The van der Waals surface area contributed by atoms with Gasteiger partial charge in [-0.15, -0.1) is 0 Å². The highest BCUT2D eigenvalue weighted by atomic mass is 35.5. The minimum atomic E-state index is -1.08. The largest absolute Gasteiger partial charge is 0.492 e. The van der Waals surface area contributed by atoms with E-state index in [0.29, 0.717) is 17.3 Å². The normalized spacial score (nSPS) is 10.4. The van der Waals surface area contributed by atoms with Crippen molar-refractivity contribution >= 4 is 29.2 Å². The van der Waals surface area contributed by atoms with Crippen LogP contribution < -0.4 is 4.74 Å². The number of ether oxygens (including phenoxy) is 1. The molecule has 5 nitrogen and oxygen atoms in total. The Bertz CT molecular complexity index is 581. The smallest absolute Gasteiger partial charge is 0.354 e. The van der Waals surface area contributed by atoms with Gasteiger partial charge in [0, 0.05) is 5.02 Å². The number of carboxylic acid groups (broad SMARTS) is 1. The molecular formula is C12H10Cl2N2O3. The van der Waals surface area contributed by atoms with E-state index >= 15 is 0 Å². The van der Waals surface area contributed by atoms with Crippen LogP contribution in [0.5, 0.6) is 5.75 Å². The summed E-state index contributed by atoms with van der Waals surface area (Å²) < 4.78 is 6.84. The molecule has 0 aliphatic heterocycles. The Balaban J connectivity index is 1.97. The van der Waals surface area contributed by atoms with Crippen molar-refractivity contribution in [3.63, 3.8) is 0 Å². The second-order valence-electron chi connectivity index (χ2n) is 3.67. The van der Waals surface area contributed by atoms with Crippen LogP contribution in [0.4, 0.5) is 0 Å². The Morgan fingerprint density at radius 1 is 1.32 bits per heavy atom. The zero-order chi connectivity index (χ0) is 13.8. The number of hydrogen-bond donors (Lipinski definition) is 1. The molecule has 7 heteroatoms. The lowest BCUT2D eigenvalue weighted by Crippen LogP contribution is -2.13. The number of carboxylic acids is 1. The molecule has 1 aromatic carbocycles. The van der Waals surface area contributed by atoms with Crippen molar-refractivity contribution in [1.29, 1.82) is 0 Å². The van der Waals surface area contributed by atoms with Gasteiger partial charge < -0.3 is 14.4 Å². The predicted molar refractivity (Wildman–Crippen MR) is 71.1 cm³/mol. The van der Waals surface area contributed by atoms with Crippen LogP contribution in [0.3, 0.4) is 0 Å². The Hall–Kier alpha value is -1.72. The highest BCUT2D eigenvalue weighted by Gasteiger charge is 2.13. The summed E-state index contributed by atoms with van der Waals surface area (Å²) in [6, 6.07) is 6.89. The maximum Gasteiger partial charge on any atom is 0.354 e. The zero-order valence-corrected chi connectivity index (χ0v) is 11.2. The van der Waals surface area contributed by atoms with E-state index in [1.165, 1.54) is 10.8 Å². The molecule has 0 saturated carbocycles. The van der Waals surface area contributed by atoms with Gasteiger partial charge in [0.05, 0.1) is 12.7 Å². The minimum absolute atomic E-state index is 0.0321.